The van der Waals surface area contributed by atoms with Gasteiger partial charge in [0.15, 0.2) is 5.82 Å². The highest BCUT2D eigenvalue weighted by molar-refractivity contribution is 6.03. The lowest BCUT2D eigenvalue weighted by Crippen LogP contribution is -2.13. The van der Waals surface area contributed by atoms with Gasteiger partial charge >= 0.3 is 0 Å². The van der Waals surface area contributed by atoms with Gasteiger partial charge in [-0.2, -0.15) is 0 Å². The topological polar surface area (TPSA) is 61.0 Å². The van der Waals surface area contributed by atoms with E-state index in [4.69, 9.17) is 5.10 Å². The van der Waals surface area contributed by atoms with Crippen LogP contribution in [0.25, 0.3) is 16.3 Å². The predicted molar refractivity (Wildman–Crippen MR) is 83.6 cm³/mol. The number of aryl methyl sites for hydroxylation is 1. The molecule has 0 atom stereocenters. The first-order valence-electron chi connectivity index (χ1n) is 6.91. The van der Waals surface area contributed by atoms with Gasteiger partial charge < -0.3 is 15.1 Å². The maximum absolute atomic E-state index is 9.74. The quantitative estimate of drug-likeness (QED) is 0.771. The first-order valence-corrected chi connectivity index (χ1v) is 6.91. The van der Waals surface area contributed by atoms with Gasteiger partial charge in [-0.05, 0) is 6.92 Å². The van der Waals surface area contributed by atoms with Gasteiger partial charge in [0.2, 0.25) is 0 Å². The Labute approximate surface area is 123 Å². The molecule has 5 nitrogen and oxygen atoms in total. The van der Waals surface area contributed by atoms with Crippen LogP contribution in [0.3, 0.4) is 0 Å². The monoisotopic (exact) mass is 285 g/mol. The Hall–Kier alpha value is -2.11. The van der Waals surface area contributed by atoms with Gasteiger partial charge in [-0.25, -0.2) is 4.52 Å². The van der Waals surface area contributed by atoms with E-state index in [1.807, 2.05) is 54.7 Å². The summed E-state index contributed by atoms with van der Waals surface area (Å²) in [5.41, 5.74) is 3.25. The van der Waals surface area contributed by atoms with Gasteiger partial charge in [0.25, 0.3) is 0 Å². The summed E-state index contributed by atoms with van der Waals surface area (Å²) in [7, 11) is 3.92. The van der Waals surface area contributed by atoms with Crippen LogP contribution in [0.1, 0.15) is 16.8 Å². The summed E-state index contributed by atoms with van der Waals surface area (Å²) in [6.45, 7) is 1.70. The lowest BCUT2D eigenvalue weighted by molar-refractivity contribution is 0.261. The zero-order valence-electron chi connectivity index (χ0n) is 12.5. The van der Waals surface area contributed by atoms with Gasteiger partial charge in [0.05, 0.1) is 18.7 Å². The van der Waals surface area contributed by atoms with Crippen LogP contribution in [0, 0.1) is 6.92 Å². The van der Waals surface area contributed by atoms with Crippen molar-refractivity contribution in [3.8, 4) is 0 Å². The standard InChI is InChI=1S/C16H19N3O2/c1-10-13(8-20)14(9-21)15-11-6-4-5-7-12(11)16(18(2)3)17-19(10)15/h4-7,20-21H,8-9H2,1-3H3. The molecule has 0 spiro atoms. The summed E-state index contributed by atoms with van der Waals surface area (Å²) in [5.74, 6) is 0.866. The molecule has 0 radical (unpaired) electrons. The van der Waals surface area contributed by atoms with E-state index in [9.17, 15) is 10.2 Å². The molecule has 0 unspecified atom stereocenters. The highest BCUT2D eigenvalue weighted by Crippen LogP contribution is 2.33. The maximum atomic E-state index is 9.74. The van der Waals surface area contributed by atoms with Crippen LogP contribution >= 0.6 is 0 Å². The number of aliphatic hydroxyl groups excluding tert-OH is 2. The molecule has 0 aliphatic rings. The Morgan fingerprint density at radius 2 is 1.67 bits per heavy atom. The van der Waals surface area contributed by atoms with E-state index in [1.54, 1.807) is 0 Å². The molecule has 5 heteroatoms. The number of aromatic nitrogens is 2. The zero-order valence-corrected chi connectivity index (χ0v) is 12.5. The van der Waals surface area contributed by atoms with Crippen molar-refractivity contribution < 1.29 is 10.2 Å². The third-order valence-corrected chi connectivity index (χ3v) is 3.97. The first kappa shape index (κ1) is 13.9. The molecule has 0 aliphatic carbocycles. The van der Waals surface area contributed by atoms with Crippen LogP contribution in [0.4, 0.5) is 5.82 Å². The minimum atomic E-state index is -0.111. The third kappa shape index (κ3) is 1.89. The number of aliphatic hydroxyl groups is 2. The molecule has 2 N–H and O–H groups in total. The number of hydrogen-bond acceptors (Lipinski definition) is 4. The molecular formula is C16H19N3O2. The number of nitrogens with zero attached hydrogens (tertiary/aromatic N) is 3. The number of fused-ring (bicyclic) bond motifs is 3. The minimum Gasteiger partial charge on any atom is -0.392 e. The van der Waals surface area contributed by atoms with E-state index in [2.05, 4.69) is 0 Å². The van der Waals surface area contributed by atoms with Crippen LogP contribution in [-0.2, 0) is 13.2 Å². The molecule has 0 bridgehead atoms. The molecule has 110 valence electrons. The van der Waals surface area contributed by atoms with Crippen molar-refractivity contribution in [3.05, 3.63) is 41.1 Å². The summed E-state index contributed by atoms with van der Waals surface area (Å²) in [6, 6.07) is 8.01. The fourth-order valence-corrected chi connectivity index (χ4v) is 2.93. The van der Waals surface area contributed by atoms with Gasteiger partial charge in [-0.15, -0.1) is 5.10 Å². The molecule has 1 aromatic carbocycles. The Morgan fingerprint density at radius 3 is 2.24 bits per heavy atom. The van der Waals surface area contributed by atoms with Gasteiger partial charge in [-0.1, -0.05) is 24.3 Å². The molecule has 0 saturated heterocycles. The second-order valence-electron chi connectivity index (χ2n) is 5.38. The van der Waals surface area contributed by atoms with E-state index < -0.39 is 0 Å². The molecule has 0 aliphatic heterocycles. The molecule has 3 rings (SSSR count). The van der Waals surface area contributed by atoms with E-state index in [0.29, 0.717) is 0 Å². The molecule has 2 heterocycles. The highest BCUT2D eigenvalue weighted by Gasteiger charge is 2.19. The fourth-order valence-electron chi connectivity index (χ4n) is 2.93. The van der Waals surface area contributed by atoms with Crippen molar-refractivity contribution in [3.63, 3.8) is 0 Å². The minimum absolute atomic E-state index is 0.100. The summed E-state index contributed by atoms with van der Waals surface area (Å²) in [5, 5.41) is 26.1. The van der Waals surface area contributed by atoms with Gasteiger partial charge in [0, 0.05) is 41.7 Å². The highest BCUT2D eigenvalue weighted by atomic mass is 16.3. The maximum Gasteiger partial charge on any atom is 0.156 e. The van der Waals surface area contributed by atoms with Crippen molar-refractivity contribution in [2.75, 3.05) is 19.0 Å². The molecule has 0 fully saturated rings. The Morgan fingerprint density at radius 1 is 1.05 bits per heavy atom. The van der Waals surface area contributed by atoms with Crippen LogP contribution in [0.15, 0.2) is 24.3 Å². The Bertz CT molecular complexity index is 821. The number of anilines is 1. The molecule has 3 aromatic rings. The third-order valence-electron chi connectivity index (χ3n) is 3.97. The average molecular weight is 285 g/mol. The van der Waals surface area contributed by atoms with Crippen molar-refractivity contribution >= 4 is 22.1 Å². The number of rotatable bonds is 3. The molecule has 0 amide bonds. The first-order chi connectivity index (χ1) is 10.1. The normalized spacial score (nSPS) is 11.5. The Kier molecular flexibility index (Phi) is 3.31. The van der Waals surface area contributed by atoms with E-state index in [1.165, 1.54) is 0 Å². The largest absolute Gasteiger partial charge is 0.392 e. The zero-order chi connectivity index (χ0) is 15.1. The van der Waals surface area contributed by atoms with Crippen molar-refractivity contribution in [2.45, 2.75) is 20.1 Å². The van der Waals surface area contributed by atoms with E-state index in [-0.39, 0.29) is 13.2 Å². The summed E-state index contributed by atoms with van der Waals surface area (Å²) in [4.78, 5) is 1.97. The number of benzene rings is 1. The smallest absolute Gasteiger partial charge is 0.156 e. The summed E-state index contributed by atoms with van der Waals surface area (Å²) >= 11 is 0. The second kappa shape index (κ2) is 5.02. The fraction of sp³-hybridized carbons (Fsp3) is 0.312. The molecular weight excluding hydrogens is 266 g/mol. The van der Waals surface area contributed by atoms with Gasteiger partial charge in [-0.3, -0.25) is 0 Å². The van der Waals surface area contributed by atoms with Crippen LogP contribution < -0.4 is 4.90 Å². The number of hydrogen-bond donors (Lipinski definition) is 2. The molecule has 0 saturated carbocycles. The SMILES string of the molecule is Cc1c(CO)c(CO)c2c3ccccc3c(N(C)C)nn12. The van der Waals surface area contributed by atoms with Crippen LogP contribution in [-0.4, -0.2) is 33.9 Å². The van der Waals surface area contributed by atoms with Gasteiger partial charge in [0.1, 0.15) is 0 Å². The molecule has 21 heavy (non-hydrogen) atoms. The van der Waals surface area contributed by atoms with Crippen molar-refractivity contribution in [2.24, 2.45) is 0 Å². The predicted octanol–water partition coefficient (Wildman–Crippen LogP) is 1.85. The van der Waals surface area contributed by atoms with E-state index in [0.717, 1.165) is 38.9 Å². The van der Waals surface area contributed by atoms with Crippen molar-refractivity contribution in [1.29, 1.82) is 0 Å². The Balaban J connectivity index is 2.58. The second-order valence-corrected chi connectivity index (χ2v) is 5.38. The summed E-state index contributed by atoms with van der Waals surface area (Å²) < 4.78 is 1.83. The lowest BCUT2D eigenvalue weighted by Gasteiger charge is -2.16. The molecule has 2 aromatic heterocycles. The lowest BCUT2D eigenvalue weighted by atomic mass is 10.1. The van der Waals surface area contributed by atoms with Crippen LogP contribution in [0.2, 0.25) is 0 Å². The van der Waals surface area contributed by atoms with Crippen molar-refractivity contribution in [1.82, 2.24) is 9.61 Å². The average Bonchev–Trinajstić information content (AvgIpc) is 2.78. The van der Waals surface area contributed by atoms with E-state index >= 15 is 0 Å². The summed E-state index contributed by atoms with van der Waals surface area (Å²) in [6.07, 6.45) is 0. The van der Waals surface area contributed by atoms with Crippen LogP contribution in [0.5, 0.6) is 0 Å².